The Morgan fingerprint density at radius 3 is 2.40 bits per heavy atom. The molecule has 1 aliphatic carbocycles. The molecule has 4 amide bonds. The maximum Gasteiger partial charge on any atom is 0.316 e. The molecule has 0 spiro atoms. The van der Waals surface area contributed by atoms with Gasteiger partial charge in [-0.2, -0.15) is 0 Å². The molecule has 2 unspecified atom stereocenters. The van der Waals surface area contributed by atoms with E-state index in [9.17, 15) is 14.4 Å². The van der Waals surface area contributed by atoms with Crippen LogP contribution < -0.4 is 16.0 Å². The van der Waals surface area contributed by atoms with Gasteiger partial charge in [0.2, 0.25) is 0 Å². The van der Waals surface area contributed by atoms with Crippen LogP contribution in [0.25, 0.3) is 0 Å². The van der Waals surface area contributed by atoms with E-state index in [2.05, 4.69) is 16.0 Å². The molecule has 0 heterocycles. The SMILES string of the molecule is CN(C)C(=O)NCCNC(=O)NC1C=CC(C(=O)O)C1. The summed E-state index contributed by atoms with van der Waals surface area (Å²) in [6.45, 7) is 0.618. The van der Waals surface area contributed by atoms with E-state index >= 15 is 0 Å². The highest BCUT2D eigenvalue weighted by atomic mass is 16.4. The molecule has 112 valence electrons. The minimum Gasteiger partial charge on any atom is -0.481 e. The lowest BCUT2D eigenvalue weighted by molar-refractivity contribution is -0.140. The van der Waals surface area contributed by atoms with Gasteiger partial charge in [-0.15, -0.1) is 0 Å². The predicted octanol–water partition coefficient (Wildman–Crippen LogP) is -0.414. The molecule has 0 aromatic rings. The molecule has 0 aromatic heterocycles. The summed E-state index contributed by atoms with van der Waals surface area (Å²) in [4.78, 5) is 34.9. The molecule has 0 bridgehead atoms. The van der Waals surface area contributed by atoms with Gasteiger partial charge in [-0.1, -0.05) is 12.2 Å². The Balaban J connectivity index is 2.14. The van der Waals surface area contributed by atoms with Crippen LogP contribution in [0.15, 0.2) is 12.2 Å². The summed E-state index contributed by atoms with van der Waals surface area (Å²) in [5.74, 6) is -1.43. The molecule has 20 heavy (non-hydrogen) atoms. The highest BCUT2D eigenvalue weighted by Crippen LogP contribution is 2.17. The smallest absolute Gasteiger partial charge is 0.316 e. The van der Waals surface area contributed by atoms with Crippen molar-refractivity contribution < 1.29 is 19.5 Å². The van der Waals surface area contributed by atoms with Gasteiger partial charge in [0.15, 0.2) is 0 Å². The van der Waals surface area contributed by atoms with Crippen molar-refractivity contribution >= 4 is 18.0 Å². The van der Waals surface area contributed by atoms with Crippen LogP contribution >= 0.6 is 0 Å². The minimum absolute atomic E-state index is 0.227. The van der Waals surface area contributed by atoms with Crippen molar-refractivity contribution in [1.29, 1.82) is 0 Å². The summed E-state index contributed by atoms with van der Waals surface area (Å²) in [6, 6.07) is -0.882. The van der Waals surface area contributed by atoms with Crippen LogP contribution in [0.1, 0.15) is 6.42 Å². The van der Waals surface area contributed by atoms with Crippen LogP contribution in [0, 0.1) is 5.92 Å². The Morgan fingerprint density at radius 1 is 1.20 bits per heavy atom. The number of carboxylic acids is 1. The highest BCUT2D eigenvalue weighted by molar-refractivity contribution is 5.76. The van der Waals surface area contributed by atoms with E-state index < -0.39 is 11.9 Å². The van der Waals surface area contributed by atoms with Crippen LogP contribution in [-0.2, 0) is 4.79 Å². The number of rotatable bonds is 5. The molecule has 4 N–H and O–H groups in total. The van der Waals surface area contributed by atoms with E-state index in [0.29, 0.717) is 19.5 Å². The average molecular weight is 284 g/mol. The Bertz CT molecular complexity index is 408. The van der Waals surface area contributed by atoms with Gasteiger partial charge in [-0.05, 0) is 6.42 Å². The first-order valence-electron chi connectivity index (χ1n) is 6.30. The number of hydrogen-bond acceptors (Lipinski definition) is 3. The Hall–Kier alpha value is -2.25. The third-order valence-corrected chi connectivity index (χ3v) is 2.81. The standard InChI is InChI=1S/C12H20N4O4/c1-16(2)12(20)14-6-5-13-11(19)15-9-4-3-8(7-9)10(17)18/h3-4,8-9H,5-7H2,1-2H3,(H,14,20)(H,17,18)(H2,13,15,19). The van der Waals surface area contributed by atoms with E-state index in [1.807, 2.05) is 0 Å². The molecule has 0 aliphatic heterocycles. The summed E-state index contributed by atoms with van der Waals surface area (Å²) in [5, 5.41) is 16.7. The summed E-state index contributed by atoms with van der Waals surface area (Å²) < 4.78 is 0. The van der Waals surface area contributed by atoms with Gasteiger partial charge in [-0.3, -0.25) is 4.79 Å². The topological polar surface area (TPSA) is 111 Å². The zero-order valence-electron chi connectivity index (χ0n) is 11.5. The second kappa shape index (κ2) is 7.37. The summed E-state index contributed by atoms with van der Waals surface area (Å²) in [5.41, 5.74) is 0. The fourth-order valence-electron chi connectivity index (χ4n) is 1.71. The van der Waals surface area contributed by atoms with Crippen molar-refractivity contribution in [3.63, 3.8) is 0 Å². The number of carbonyl (C=O) groups is 3. The summed E-state index contributed by atoms with van der Waals surface area (Å²) in [6.07, 6.45) is 3.61. The normalized spacial score (nSPS) is 20.3. The van der Waals surface area contributed by atoms with Crippen molar-refractivity contribution in [2.45, 2.75) is 12.5 Å². The van der Waals surface area contributed by atoms with E-state index in [-0.39, 0.29) is 18.1 Å². The third kappa shape index (κ3) is 5.17. The van der Waals surface area contributed by atoms with Gasteiger partial charge < -0.3 is 26.0 Å². The van der Waals surface area contributed by atoms with Crippen molar-refractivity contribution in [2.24, 2.45) is 5.92 Å². The predicted molar refractivity (Wildman–Crippen MR) is 72.3 cm³/mol. The van der Waals surface area contributed by atoms with E-state index in [1.165, 1.54) is 4.90 Å². The number of amides is 4. The number of hydrogen-bond donors (Lipinski definition) is 4. The largest absolute Gasteiger partial charge is 0.481 e. The van der Waals surface area contributed by atoms with Crippen LogP contribution in [0.3, 0.4) is 0 Å². The van der Waals surface area contributed by atoms with Crippen LogP contribution in [0.5, 0.6) is 0 Å². The molecular weight excluding hydrogens is 264 g/mol. The molecule has 0 saturated carbocycles. The first kappa shape index (κ1) is 15.8. The fraction of sp³-hybridized carbons (Fsp3) is 0.583. The number of carboxylic acid groups (broad SMARTS) is 1. The highest BCUT2D eigenvalue weighted by Gasteiger charge is 2.25. The molecule has 8 nitrogen and oxygen atoms in total. The molecular formula is C12H20N4O4. The van der Waals surface area contributed by atoms with Crippen molar-refractivity contribution in [2.75, 3.05) is 27.2 Å². The number of nitrogens with zero attached hydrogens (tertiary/aromatic N) is 1. The Morgan fingerprint density at radius 2 is 1.85 bits per heavy atom. The molecule has 1 rings (SSSR count). The van der Waals surface area contributed by atoms with Crippen LogP contribution in [0.2, 0.25) is 0 Å². The van der Waals surface area contributed by atoms with Crippen LogP contribution in [0.4, 0.5) is 9.59 Å². The maximum absolute atomic E-state index is 11.5. The van der Waals surface area contributed by atoms with E-state index in [0.717, 1.165) is 0 Å². The number of carbonyl (C=O) groups excluding carboxylic acids is 2. The Labute approximate surface area is 117 Å². The zero-order valence-corrected chi connectivity index (χ0v) is 11.5. The lowest BCUT2D eigenvalue weighted by atomic mass is 10.1. The first-order chi connectivity index (χ1) is 9.40. The minimum atomic E-state index is -0.891. The second-order valence-corrected chi connectivity index (χ2v) is 4.70. The fourth-order valence-corrected chi connectivity index (χ4v) is 1.71. The van der Waals surface area contributed by atoms with Gasteiger partial charge in [0.25, 0.3) is 0 Å². The second-order valence-electron chi connectivity index (χ2n) is 4.70. The quantitative estimate of drug-likeness (QED) is 0.406. The van der Waals surface area contributed by atoms with Gasteiger partial charge >= 0.3 is 18.0 Å². The monoisotopic (exact) mass is 284 g/mol. The summed E-state index contributed by atoms with van der Waals surface area (Å²) in [7, 11) is 3.25. The van der Waals surface area contributed by atoms with Gasteiger partial charge in [0.1, 0.15) is 0 Å². The molecule has 0 aromatic carbocycles. The number of nitrogens with one attached hydrogen (secondary N) is 3. The van der Waals surface area contributed by atoms with Crippen molar-refractivity contribution in [1.82, 2.24) is 20.9 Å². The molecule has 1 aliphatic rings. The van der Waals surface area contributed by atoms with Crippen molar-refractivity contribution in [3.05, 3.63) is 12.2 Å². The molecule has 0 fully saturated rings. The maximum atomic E-state index is 11.5. The Kier molecular flexibility index (Phi) is 5.82. The van der Waals surface area contributed by atoms with E-state index in [1.54, 1.807) is 26.2 Å². The van der Waals surface area contributed by atoms with Gasteiger partial charge in [0, 0.05) is 27.2 Å². The zero-order chi connectivity index (χ0) is 15.1. The average Bonchev–Trinajstić information content (AvgIpc) is 2.82. The lowest BCUT2D eigenvalue weighted by Crippen LogP contribution is -2.45. The molecule has 0 saturated heterocycles. The molecule has 2 atom stereocenters. The van der Waals surface area contributed by atoms with Gasteiger partial charge in [-0.25, -0.2) is 9.59 Å². The van der Waals surface area contributed by atoms with Crippen molar-refractivity contribution in [3.8, 4) is 0 Å². The van der Waals surface area contributed by atoms with Crippen LogP contribution in [-0.4, -0.2) is 61.3 Å². The van der Waals surface area contributed by atoms with Gasteiger partial charge in [0.05, 0.1) is 12.0 Å². The summed E-state index contributed by atoms with van der Waals surface area (Å²) >= 11 is 0. The third-order valence-electron chi connectivity index (χ3n) is 2.81. The number of aliphatic carboxylic acids is 1. The van der Waals surface area contributed by atoms with E-state index in [4.69, 9.17) is 5.11 Å². The number of urea groups is 2. The molecule has 8 heteroatoms. The lowest BCUT2D eigenvalue weighted by Gasteiger charge is -2.14. The molecule has 0 radical (unpaired) electrons. The first-order valence-corrected chi connectivity index (χ1v) is 6.30.